The molecule has 1 saturated heterocycles. The highest BCUT2D eigenvalue weighted by molar-refractivity contribution is 9.10. The molecule has 1 aromatic heterocycles. The smallest absolute Gasteiger partial charge is 0.234 e. The maximum absolute atomic E-state index is 12.1. The number of tetrazole rings is 1. The molecule has 2 aromatic rings. The van der Waals surface area contributed by atoms with Crippen molar-refractivity contribution in [2.75, 3.05) is 17.7 Å². The molecule has 1 aromatic carbocycles. The van der Waals surface area contributed by atoms with Gasteiger partial charge in [-0.15, -0.1) is 5.10 Å². The molecule has 7 nitrogen and oxygen atoms in total. The third-order valence-electron chi connectivity index (χ3n) is 3.44. The molecule has 1 atom stereocenters. The number of carbonyl (C=O) groups excluding carboxylic acids is 1. The number of amides is 1. The summed E-state index contributed by atoms with van der Waals surface area (Å²) in [6.07, 6.45) is 2.21. The third-order valence-corrected chi connectivity index (χ3v) is 5.20. The lowest BCUT2D eigenvalue weighted by atomic mass is 10.2. The van der Waals surface area contributed by atoms with E-state index in [4.69, 9.17) is 16.3 Å². The van der Waals surface area contributed by atoms with Crippen molar-refractivity contribution in [1.82, 2.24) is 20.2 Å². The van der Waals surface area contributed by atoms with E-state index in [-0.39, 0.29) is 17.8 Å². The van der Waals surface area contributed by atoms with Gasteiger partial charge in [0.15, 0.2) is 0 Å². The zero-order chi connectivity index (χ0) is 16.9. The minimum atomic E-state index is -0.170. The maximum atomic E-state index is 12.1. The van der Waals surface area contributed by atoms with Crippen LogP contribution in [0, 0.1) is 0 Å². The Bertz CT molecular complexity index is 723. The molecule has 10 heteroatoms. The first-order chi connectivity index (χ1) is 11.6. The van der Waals surface area contributed by atoms with Gasteiger partial charge in [-0.1, -0.05) is 39.3 Å². The highest BCUT2D eigenvalue weighted by Gasteiger charge is 2.19. The summed E-state index contributed by atoms with van der Waals surface area (Å²) in [5.41, 5.74) is 0.574. The van der Waals surface area contributed by atoms with Crippen LogP contribution < -0.4 is 5.32 Å². The molecule has 0 aliphatic carbocycles. The SMILES string of the molecule is O=C(CSc1nnnn1C[C@H]1CCCO1)Nc1ccc(Br)cc1Cl. The molecule has 0 radical (unpaired) electrons. The van der Waals surface area contributed by atoms with Gasteiger partial charge < -0.3 is 10.1 Å². The van der Waals surface area contributed by atoms with Gasteiger partial charge in [0.1, 0.15) is 0 Å². The Hall–Kier alpha value is -1.16. The molecule has 1 N–H and O–H groups in total. The normalized spacial score (nSPS) is 17.2. The van der Waals surface area contributed by atoms with Gasteiger partial charge in [-0.3, -0.25) is 4.79 Å². The average molecular weight is 433 g/mol. The zero-order valence-electron chi connectivity index (χ0n) is 12.6. The first-order valence-electron chi connectivity index (χ1n) is 7.37. The maximum Gasteiger partial charge on any atom is 0.234 e. The van der Waals surface area contributed by atoms with E-state index in [9.17, 15) is 4.79 Å². The second-order valence-corrected chi connectivity index (χ2v) is 7.50. The van der Waals surface area contributed by atoms with Gasteiger partial charge in [-0.2, -0.15) is 0 Å². The molecule has 2 heterocycles. The number of benzene rings is 1. The van der Waals surface area contributed by atoms with E-state index in [1.807, 2.05) is 6.07 Å². The minimum Gasteiger partial charge on any atom is -0.376 e. The standard InChI is InChI=1S/C14H15BrClN5O2S/c15-9-3-4-12(11(16)6-9)17-13(22)8-24-14-18-19-20-21(14)7-10-2-1-5-23-10/h3-4,6,10H,1-2,5,7-8H2,(H,17,22)/t10-/m1/s1. The lowest BCUT2D eigenvalue weighted by Gasteiger charge is -2.10. The monoisotopic (exact) mass is 431 g/mol. The Morgan fingerprint density at radius 1 is 1.54 bits per heavy atom. The van der Waals surface area contributed by atoms with Crippen molar-refractivity contribution in [3.8, 4) is 0 Å². The van der Waals surface area contributed by atoms with Gasteiger partial charge in [0.05, 0.1) is 29.1 Å². The van der Waals surface area contributed by atoms with Crippen LogP contribution in [0.25, 0.3) is 0 Å². The van der Waals surface area contributed by atoms with E-state index >= 15 is 0 Å². The van der Waals surface area contributed by atoms with Crippen molar-refractivity contribution in [3.05, 3.63) is 27.7 Å². The molecule has 0 saturated carbocycles. The van der Waals surface area contributed by atoms with Crippen molar-refractivity contribution < 1.29 is 9.53 Å². The number of hydrogen-bond donors (Lipinski definition) is 1. The van der Waals surface area contributed by atoms with Crippen LogP contribution in [0.3, 0.4) is 0 Å². The fraction of sp³-hybridized carbons (Fsp3) is 0.429. The van der Waals surface area contributed by atoms with Gasteiger partial charge >= 0.3 is 0 Å². The van der Waals surface area contributed by atoms with E-state index < -0.39 is 0 Å². The third kappa shape index (κ3) is 4.69. The van der Waals surface area contributed by atoms with Crippen molar-refractivity contribution in [2.24, 2.45) is 0 Å². The highest BCUT2D eigenvalue weighted by Crippen LogP contribution is 2.26. The van der Waals surface area contributed by atoms with E-state index in [0.29, 0.717) is 22.4 Å². The van der Waals surface area contributed by atoms with Crippen LogP contribution in [0.15, 0.2) is 27.8 Å². The van der Waals surface area contributed by atoms with E-state index in [2.05, 4.69) is 36.8 Å². The van der Waals surface area contributed by atoms with E-state index in [0.717, 1.165) is 23.9 Å². The van der Waals surface area contributed by atoms with Crippen LogP contribution in [0.4, 0.5) is 5.69 Å². The number of nitrogens with zero attached hydrogens (tertiary/aromatic N) is 4. The zero-order valence-corrected chi connectivity index (χ0v) is 15.8. The summed E-state index contributed by atoms with van der Waals surface area (Å²) >= 11 is 10.7. The molecule has 0 bridgehead atoms. The van der Waals surface area contributed by atoms with Gasteiger partial charge in [-0.25, -0.2) is 4.68 Å². The quantitative estimate of drug-likeness (QED) is 0.707. The highest BCUT2D eigenvalue weighted by atomic mass is 79.9. The van der Waals surface area contributed by atoms with Gasteiger partial charge in [-0.05, 0) is 41.5 Å². The number of nitrogens with one attached hydrogen (secondary N) is 1. The number of halogens is 2. The Morgan fingerprint density at radius 3 is 3.17 bits per heavy atom. The second-order valence-electron chi connectivity index (χ2n) is 5.24. The molecular formula is C14H15BrClN5O2S. The van der Waals surface area contributed by atoms with Crippen LogP contribution in [0.2, 0.25) is 5.02 Å². The topological polar surface area (TPSA) is 81.9 Å². The first kappa shape index (κ1) is 17.7. The van der Waals surface area contributed by atoms with Crippen LogP contribution in [-0.2, 0) is 16.1 Å². The summed E-state index contributed by atoms with van der Waals surface area (Å²) in [5, 5.41) is 15.5. The Kier molecular flexibility index (Phi) is 6.09. The summed E-state index contributed by atoms with van der Waals surface area (Å²) in [4.78, 5) is 12.1. The largest absolute Gasteiger partial charge is 0.376 e. The number of anilines is 1. The molecule has 1 aliphatic rings. The molecule has 1 fully saturated rings. The van der Waals surface area contributed by atoms with Crippen molar-refractivity contribution in [3.63, 3.8) is 0 Å². The summed E-state index contributed by atoms with van der Waals surface area (Å²) in [6, 6.07) is 5.29. The summed E-state index contributed by atoms with van der Waals surface area (Å²) in [7, 11) is 0. The van der Waals surface area contributed by atoms with E-state index in [1.54, 1.807) is 16.8 Å². The summed E-state index contributed by atoms with van der Waals surface area (Å²) in [5.74, 6) is 0.0223. The Morgan fingerprint density at radius 2 is 2.42 bits per heavy atom. The van der Waals surface area contributed by atoms with Crippen LogP contribution >= 0.6 is 39.3 Å². The van der Waals surface area contributed by atoms with Crippen LogP contribution in [-0.4, -0.2) is 44.6 Å². The molecule has 1 aliphatic heterocycles. The predicted molar refractivity (Wildman–Crippen MR) is 95.3 cm³/mol. The summed E-state index contributed by atoms with van der Waals surface area (Å²) < 4.78 is 8.12. The van der Waals surface area contributed by atoms with Crippen LogP contribution in [0.1, 0.15) is 12.8 Å². The van der Waals surface area contributed by atoms with Gasteiger partial charge in [0.25, 0.3) is 0 Å². The number of ether oxygens (including phenoxy) is 1. The number of rotatable bonds is 6. The molecule has 3 rings (SSSR count). The Balaban J connectivity index is 1.53. The molecule has 1 amide bonds. The minimum absolute atomic E-state index is 0.142. The molecular weight excluding hydrogens is 418 g/mol. The second kappa shape index (κ2) is 8.28. The lowest BCUT2D eigenvalue weighted by molar-refractivity contribution is -0.113. The number of hydrogen-bond acceptors (Lipinski definition) is 6. The van der Waals surface area contributed by atoms with Crippen molar-refractivity contribution >= 4 is 50.9 Å². The van der Waals surface area contributed by atoms with Gasteiger partial charge in [0.2, 0.25) is 11.1 Å². The van der Waals surface area contributed by atoms with Gasteiger partial charge in [0, 0.05) is 11.1 Å². The Labute approximate surface area is 156 Å². The molecule has 128 valence electrons. The number of carbonyl (C=O) groups is 1. The first-order valence-corrected chi connectivity index (χ1v) is 9.53. The fourth-order valence-electron chi connectivity index (χ4n) is 2.30. The summed E-state index contributed by atoms with van der Waals surface area (Å²) in [6.45, 7) is 1.39. The average Bonchev–Trinajstić information content (AvgIpc) is 3.20. The molecule has 0 unspecified atom stereocenters. The van der Waals surface area contributed by atoms with Crippen molar-refractivity contribution in [2.45, 2.75) is 30.6 Å². The number of thioether (sulfide) groups is 1. The molecule has 24 heavy (non-hydrogen) atoms. The number of aromatic nitrogens is 4. The molecule has 0 spiro atoms. The van der Waals surface area contributed by atoms with Crippen LogP contribution in [0.5, 0.6) is 0 Å². The lowest BCUT2D eigenvalue weighted by Crippen LogP contribution is -2.18. The van der Waals surface area contributed by atoms with Crippen molar-refractivity contribution in [1.29, 1.82) is 0 Å². The fourth-order valence-corrected chi connectivity index (χ4v) is 3.71. The predicted octanol–water partition coefficient (Wildman–Crippen LogP) is 3.00. The van der Waals surface area contributed by atoms with E-state index in [1.165, 1.54) is 11.8 Å².